The second-order valence-corrected chi connectivity index (χ2v) is 42.8. The van der Waals surface area contributed by atoms with Gasteiger partial charge in [-0.1, -0.05) is 85.1 Å². The summed E-state index contributed by atoms with van der Waals surface area (Å²) in [6.07, 6.45) is 10.7. The monoisotopic (exact) mass is 2100 g/mol. The Balaban J connectivity index is 0.000000142. The molecular weight excluding hydrogens is 1960 g/mol. The molecule has 0 radical (unpaired) electrons. The maximum atomic E-state index is 15.8. The Morgan fingerprint density at radius 3 is 1.01 bits per heavy atom. The Kier molecular flexibility index (Phi) is 35.3. The van der Waals surface area contributed by atoms with Gasteiger partial charge in [-0.05, 0) is 255 Å². The molecule has 9 atom stereocenters. The highest BCUT2D eigenvalue weighted by atomic mass is 19.3. The van der Waals surface area contributed by atoms with Gasteiger partial charge in [-0.3, -0.25) is 39.2 Å². The quantitative estimate of drug-likeness (QED) is 0.0164. The molecule has 8 aromatic carbocycles. The number of alkyl halides is 7. The zero-order valence-electron chi connectivity index (χ0n) is 85.7. The number of likely N-dealkylation sites (tertiary alicyclic amines) is 4. The average Bonchev–Trinajstić information content (AvgIpc) is 1.31. The van der Waals surface area contributed by atoms with Crippen LogP contribution in [0.25, 0.3) is 43.6 Å². The minimum Gasteiger partial charge on any atom is -0.393 e. The predicted octanol–water partition coefficient (Wildman–Crippen LogP) is 22.1. The summed E-state index contributed by atoms with van der Waals surface area (Å²) in [4.78, 5) is 28.6. The maximum Gasteiger partial charge on any atom is 0.283 e. The Bertz CT molecular complexity index is 6570. The molecule has 0 bridgehead atoms. The number of aliphatic hydroxyl groups excluding tert-OH is 4. The van der Waals surface area contributed by atoms with Crippen molar-refractivity contribution in [2.24, 2.45) is 0 Å². The lowest BCUT2D eigenvalue weighted by molar-refractivity contribution is -0.0870. The van der Waals surface area contributed by atoms with Gasteiger partial charge in [0.25, 0.3) is 17.8 Å². The third kappa shape index (κ3) is 24.8. The van der Waals surface area contributed by atoms with Crippen LogP contribution in [0.4, 0.5) is 93.0 Å². The molecule has 150 heavy (non-hydrogen) atoms. The number of anilines is 4. The molecule has 20 rings (SSSR count). The van der Waals surface area contributed by atoms with Gasteiger partial charge in [-0.2, -0.15) is 0 Å². The predicted molar refractivity (Wildman–Crippen MR) is 560 cm³/mol. The standard InChI is InChI=1S/C29H36F4N4O.C28H33F5N4O.C28H34F4N4O.C28H35F3N4O.CH4/c1-4-5-9-36-13-19(14-36)34-18-11-22(31)26(23(32)12-18)28-27-20(25-21(30)7-6-8-24(25)35-27)10-17(2)37(28)15-29(3,33)16-38;1-3-4-7-36-12-19(13-36)34-18-10-22(30)25(23(31)11-18)27-26-21(20-9-17(29)5-6-24(20)35-26)8-16(2)37(27)14-28(32,33)15-38;1-3-4-9-35-13-20(14-35)33-19-6-7-21(24(30)12-19)27-26-23(22-11-18(29)5-8-25(22)34-26)10-17(2)36(27)15-28(31,32)16-37;1-3-4-11-34-14-22(15-34)32-21-8-5-19(6-9-21)27-26-24(23-13-20(29)7-10-25(23)33-26)12-18(2)35(27)16-28(30,31)17-36;/h6-8,11-12,17,19,28,34-35,38H,4-5,9-10,13-16H2,1-3H3;5-6,9-11,16,19,27,34-35,38H,3-4,7-8,12-15H2,1-2H3;5-8,11-12,17,20,27,33-34,37H,3-4,9-10,13-16H2,1-2H3;5-10,13,18,22,27,32-33,36H,3-4,11-12,14-17H2,1-2H3;1H4. The van der Waals surface area contributed by atoms with Gasteiger partial charge in [0.1, 0.15) is 77.8 Å². The van der Waals surface area contributed by atoms with Crippen LogP contribution in [0.1, 0.15) is 213 Å². The molecule has 9 unspecified atom stereocenters. The van der Waals surface area contributed by atoms with Crippen LogP contribution in [0, 0.1) is 52.4 Å². The first-order valence-corrected chi connectivity index (χ1v) is 52.5. The molecule has 814 valence electrons. The molecule has 4 saturated heterocycles. The molecule has 4 aromatic heterocycles. The normalized spacial score (nSPS) is 21.4. The molecule has 12 heterocycles. The number of halogens is 16. The maximum absolute atomic E-state index is 15.8. The number of hydrogen-bond acceptors (Lipinski definition) is 16. The third-order valence-corrected chi connectivity index (χ3v) is 30.9. The van der Waals surface area contributed by atoms with Crippen molar-refractivity contribution in [1.82, 2.24) is 59.1 Å². The molecule has 12 N–H and O–H groups in total. The van der Waals surface area contributed by atoms with Crippen molar-refractivity contribution in [3.8, 4) is 0 Å². The number of unbranched alkanes of at least 4 members (excludes halogenated alkanes) is 4. The van der Waals surface area contributed by atoms with E-state index < -0.39 is 152 Å². The van der Waals surface area contributed by atoms with E-state index in [0.29, 0.717) is 103 Å². The number of aromatic amines is 4. The highest BCUT2D eigenvalue weighted by molar-refractivity contribution is 5.89. The van der Waals surface area contributed by atoms with Gasteiger partial charge in [0.15, 0.2) is 0 Å². The van der Waals surface area contributed by atoms with Gasteiger partial charge >= 0.3 is 0 Å². The van der Waals surface area contributed by atoms with Gasteiger partial charge in [0.05, 0.1) is 74.6 Å². The van der Waals surface area contributed by atoms with Gasteiger partial charge in [-0.25, -0.2) is 70.2 Å². The number of fused-ring (bicyclic) bond motifs is 12. The van der Waals surface area contributed by atoms with Crippen molar-refractivity contribution in [3.05, 3.63) is 259 Å². The van der Waals surface area contributed by atoms with E-state index >= 15 is 26.3 Å². The van der Waals surface area contributed by atoms with E-state index in [1.807, 2.05) is 38.1 Å². The zero-order chi connectivity index (χ0) is 106. The van der Waals surface area contributed by atoms with Crippen molar-refractivity contribution >= 4 is 66.4 Å². The molecule has 0 saturated carbocycles. The fourth-order valence-electron chi connectivity index (χ4n) is 23.1. The van der Waals surface area contributed by atoms with Gasteiger partial charge in [0.2, 0.25) is 0 Å². The van der Waals surface area contributed by atoms with E-state index in [-0.39, 0.29) is 73.1 Å². The third-order valence-electron chi connectivity index (χ3n) is 30.9. The van der Waals surface area contributed by atoms with Crippen molar-refractivity contribution in [2.45, 2.75) is 243 Å². The lowest BCUT2D eigenvalue weighted by atomic mass is 9.87. The minimum absolute atomic E-state index is 0. The Labute approximate surface area is 866 Å². The van der Waals surface area contributed by atoms with Crippen LogP contribution in [0.3, 0.4) is 0 Å². The number of H-pyrrole nitrogens is 4. The second-order valence-electron chi connectivity index (χ2n) is 42.8. The van der Waals surface area contributed by atoms with E-state index in [4.69, 9.17) is 0 Å². The van der Waals surface area contributed by atoms with Gasteiger partial charge in [0, 0.05) is 189 Å². The molecule has 36 heteroatoms. The van der Waals surface area contributed by atoms with Crippen LogP contribution in [0.15, 0.2) is 140 Å². The lowest BCUT2D eigenvalue weighted by Gasteiger charge is -2.43. The minimum atomic E-state index is -3.48. The summed E-state index contributed by atoms with van der Waals surface area (Å²) < 4.78 is 238. The first-order valence-electron chi connectivity index (χ1n) is 52.5. The number of aliphatic hydroxyl groups is 4. The van der Waals surface area contributed by atoms with Crippen LogP contribution >= 0.6 is 0 Å². The molecule has 0 spiro atoms. The van der Waals surface area contributed by atoms with Crippen molar-refractivity contribution in [3.63, 3.8) is 0 Å². The molecule has 4 fully saturated rings. The highest BCUT2D eigenvalue weighted by Crippen LogP contribution is 2.51. The number of hydrogen-bond donors (Lipinski definition) is 12. The molecular formula is C114H142F16N16O4. The molecule has 0 amide bonds. The van der Waals surface area contributed by atoms with E-state index in [2.05, 4.69) is 88.5 Å². The van der Waals surface area contributed by atoms with E-state index in [1.165, 1.54) is 108 Å². The Morgan fingerprint density at radius 2 is 0.640 bits per heavy atom. The summed E-state index contributed by atoms with van der Waals surface area (Å²) in [5.74, 6) is -15.4. The molecule has 8 aliphatic rings. The van der Waals surface area contributed by atoms with E-state index in [0.717, 1.165) is 156 Å². The summed E-state index contributed by atoms with van der Waals surface area (Å²) >= 11 is 0. The highest BCUT2D eigenvalue weighted by Gasteiger charge is 2.49. The number of nitrogens with zero attached hydrogens (tertiary/aromatic N) is 8. The second kappa shape index (κ2) is 47.2. The number of rotatable bonds is 36. The van der Waals surface area contributed by atoms with Crippen molar-refractivity contribution in [1.29, 1.82) is 0 Å². The Hall–Kier alpha value is -10.5. The Morgan fingerprint density at radius 1 is 0.327 bits per heavy atom. The van der Waals surface area contributed by atoms with Crippen LogP contribution in [0.5, 0.6) is 0 Å². The summed E-state index contributed by atoms with van der Waals surface area (Å²) in [6, 6.07) is 31.4. The average molecular weight is 2100 g/mol. The summed E-state index contributed by atoms with van der Waals surface area (Å²) in [7, 11) is 0. The van der Waals surface area contributed by atoms with E-state index in [1.54, 1.807) is 60.0 Å². The summed E-state index contributed by atoms with van der Waals surface area (Å²) in [6.45, 7) is 21.3. The van der Waals surface area contributed by atoms with Crippen LogP contribution < -0.4 is 21.3 Å². The molecule has 20 nitrogen and oxygen atoms in total. The zero-order valence-corrected chi connectivity index (χ0v) is 85.7. The smallest absolute Gasteiger partial charge is 0.283 e. The number of nitrogens with one attached hydrogen (secondary N) is 8. The van der Waals surface area contributed by atoms with Gasteiger partial charge < -0.3 is 61.6 Å². The van der Waals surface area contributed by atoms with Crippen LogP contribution in [-0.4, -0.2) is 282 Å². The number of aromatic nitrogens is 4. The topological polar surface area (TPSA) is 218 Å². The van der Waals surface area contributed by atoms with E-state index in [9.17, 15) is 64.3 Å². The summed E-state index contributed by atoms with van der Waals surface area (Å²) in [5, 5.41) is 53.2. The van der Waals surface area contributed by atoms with Gasteiger partial charge in [-0.15, -0.1) is 0 Å². The fourth-order valence-corrected chi connectivity index (χ4v) is 23.1. The number of benzene rings is 8. The molecule has 12 aromatic rings. The SMILES string of the molecule is C.CCCCN1CC(Nc2cc(F)c(C3c4[nH]c5ccc(F)cc5c4CC(C)N3CC(F)(F)CO)c(F)c2)C1.CCCCN1CC(Nc2cc(F)c(C3c4[nH]c5cccc(F)c5c4CC(C)N3CC(C)(F)CO)c(F)c2)C1.CCCCN1CC(Nc2ccc(C3c4[nH]c5ccc(F)cc5c4CC(C)N3CC(F)(F)CO)c(F)c2)C1.CCCCN1CC(Nc2ccc(C3c4[nH]c5ccc(F)cc5c4CC(C)N3CC(F)(F)CO)cc2)C1. The van der Waals surface area contributed by atoms with Crippen LogP contribution in [0.2, 0.25) is 0 Å². The van der Waals surface area contributed by atoms with Crippen molar-refractivity contribution < 1.29 is 90.7 Å². The lowest BCUT2D eigenvalue weighted by Crippen LogP contribution is -2.54. The largest absolute Gasteiger partial charge is 0.393 e. The fraction of sp³-hybridized carbons (Fsp3) is 0.509. The first kappa shape index (κ1) is 112. The van der Waals surface area contributed by atoms with Crippen molar-refractivity contribution in [2.75, 3.05) is 152 Å². The molecule has 8 aliphatic heterocycles. The first-order chi connectivity index (χ1) is 71.2. The summed E-state index contributed by atoms with van der Waals surface area (Å²) in [5.41, 5.74) is 8.66. The van der Waals surface area contributed by atoms with Crippen LogP contribution in [-0.2, 0) is 25.7 Å². The molecule has 0 aliphatic carbocycles.